The maximum atomic E-state index is 11.7. The average Bonchev–Trinajstić information content (AvgIpc) is 2.76. The summed E-state index contributed by atoms with van der Waals surface area (Å²) in [6, 6.07) is 4.89. The summed E-state index contributed by atoms with van der Waals surface area (Å²) in [6.07, 6.45) is 2.92. The minimum atomic E-state index is -0.291. The van der Waals surface area contributed by atoms with Crippen molar-refractivity contribution in [1.29, 1.82) is 0 Å². The minimum Gasteiger partial charge on any atom is -0.399 e. The van der Waals surface area contributed by atoms with E-state index in [4.69, 9.17) is 17.3 Å². The Balaban J connectivity index is 2.21. The summed E-state index contributed by atoms with van der Waals surface area (Å²) in [6.45, 7) is 0. The molecule has 0 atom stereocenters. The molecule has 0 spiro atoms. The van der Waals surface area contributed by atoms with Gasteiger partial charge in [-0.3, -0.25) is 9.89 Å². The fraction of sp³-hybridized carbons (Fsp3) is 0. The highest BCUT2D eigenvalue weighted by atomic mass is 35.5. The monoisotopic (exact) mass is 236 g/mol. The number of H-pyrrole nitrogens is 1. The number of carbonyl (C=O) groups excluding carboxylic acids is 1. The van der Waals surface area contributed by atoms with Gasteiger partial charge in [0.05, 0.1) is 22.5 Å². The zero-order chi connectivity index (χ0) is 11.5. The first-order valence-electron chi connectivity index (χ1n) is 4.52. The van der Waals surface area contributed by atoms with Crippen LogP contribution in [0.2, 0.25) is 5.02 Å². The van der Waals surface area contributed by atoms with Crippen molar-refractivity contribution >= 4 is 28.9 Å². The number of nitrogens with one attached hydrogen (secondary N) is 2. The fourth-order valence-electron chi connectivity index (χ4n) is 1.21. The maximum absolute atomic E-state index is 11.7. The van der Waals surface area contributed by atoms with Crippen molar-refractivity contribution in [2.24, 2.45) is 0 Å². The molecule has 1 aromatic carbocycles. The molecule has 82 valence electrons. The molecule has 0 fully saturated rings. The van der Waals surface area contributed by atoms with Crippen molar-refractivity contribution in [3.8, 4) is 0 Å². The number of halogens is 1. The van der Waals surface area contributed by atoms with Crippen LogP contribution in [0, 0.1) is 0 Å². The number of nitrogen functional groups attached to an aromatic ring is 1. The molecule has 0 radical (unpaired) electrons. The average molecular weight is 237 g/mol. The first-order chi connectivity index (χ1) is 7.66. The number of hydrogen-bond donors (Lipinski definition) is 3. The predicted molar refractivity (Wildman–Crippen MR) is 62.4 cm³/mol. The molecule has 5 nitrogen and oxygen atoms in total. The van der Waals surface area contributed by atoms with Gasteiger partial charge in [-0.05, 0) is 18.2 Å². The largest absolute Gasteiger partial charge is 0.399 e. The quantitative estimate of drug-likeness (QED) is 0.697. The molecule has 4 N–H and O–H groups in total. The Morgan fingerprint density at radius 2 is 2.31 bits per heavy atom. The van der Waals surface area contributed by atoms with E-state index in [1.54, 1.807) is 18.2 Å². The van der Waals surface area contributed by atoms with Crippen LogP contribution in [0.1, 0.15) is 10.4 Å². The van der Waals surface area contributed by atoms with Crippen LogP contribution in [0.15, 0.2) is 30.6 Å². The van der Waals surface area contributed by atoms with Crippen molar-refractivity contribution in [2.75, 3.05) is 11.1 Å². The van der Waals surface area contributed by atoms with Gasteiger partial charge in [0, 0.05) is 11.9 Å². The summed E-state index contributed by atoms with van der Waals surface area (Å²) in [5.41, 5.74) is 7.04. The van der Waals surface area contributed by atoms with Crippen LogP contribution in [0.3, 0.4) is 0 Å². The standard InChI is InChI=1S/C10H9ClN4O/c11-8-2-1-7(12)3-9(8)15-10(16)6-4-13-14-5-6/h1-5H,12H2,(H,13,14)(H,15,16). The van der Waals surface area contributed by atoms with Crippen LogP contribution in [0.4, 0.5) is 11.4 Å². The maximum Gasteiger partial charge on any atom is 0.258 e. The number of nitrogens with two attached hydrogens (primary N) is 1. The summed E-state index contributed by atoms with van der Waals surface area (Å²) in [4.78, 5) is 11.7. The van der Waals surface area contributed by atoms with Crippen LogP contribution in [0.25, 0.3) is 0 Å². The Bertz CT molecular complexity index is 510. The molecule has 0 aliphatic rings. The lowest BCUT2D eigenvalue weighted by Gasteiger charge is -2.06. The first-order valence-corrected chi connectivity index (χ1v) is 4.90. The highest BCUT2D eigenvalue weighted by Crippen LogP contribution is 2.24. The summed E-state index contributed by atoms with van der Waals surface area (Å²) in [7, 11) is 0. The Morgan fingerprint density at radius 1 is 1.50 bits per heavy atom. The summed E-state index contributed by atoms with van der Waals surface area (Å²) in [5, 5.41) is 9.31. The van der Waals surface area contributed by atoms with Gasteiger partial charge in [-0.15, -0.1) is 0 Å². The number of amides is 1. The summed E-state index contributed by atoms with van der Waals surface area (Å²) in [5.74, 6) is -0.291. The molecule has 0 bridgehead atoms. The van der Waals surface area contributed by atoms with Crippen LogP contribution in [0.5, 0.6) is 0 Å². The lowest BCUT2D eigenvalue weighted by atomic mass is 10.2. The molecular weight excluding hydrogens is 228 g/mol. The summed E-state index contributed by atoms with van der Waals surface area (Å²) < 4.78 is 0. The van der Waals surface area contributed by atoms with Gasteiger partial charge in [0.25, 0.3) is 5.91 Å². The van der Waals surface area contributed by atoms with E-state index in [2.05, 4.69) is 15.5 Å². The van der Waals surface area contributed by atoms with Crippen LogP contribution >= 0.6 is 11.6 Å². The molecule has 0 saturated carbocycles. The minimum absolute atomic E-state index is 0.291. The van der Waals surface area contributed by atoms with Crippen molar-refractivity contribution < 1.29 is 4.79 Å². The number of carbonyl (C=O) groups is 1. The van der Waals surface area contributed by atoms with Gasteiger partial charge in [-0.25, -0.2) is 0 Å². The lowest BCUT2D eigenvalue weighted by molar-refractivity contribution is 0.102. The molecule has 2 aromatic rings. The number of hydrogen-bond acceptors (Lipinski definition) is 3. The molecule has 1 amide bonds. The highest BCUT2D eigenvalue weighted by molar-refractivity contribution is 6.34. The molecule has 16 heavy (non-hydrogen) atoms. The third-order valence-electron chi connectivity index (χ3n) is 2.00. The van der Waals surface area contributed by atoms with E-state index in [-0.39, 0.29) is 5.91 Å². The van der Waals surface area contributed by atoms with E-state index in [1.807, 2.05) is 0 Å². The second-order valence-corrected chi connectivity index (χ2v) is 3.59. The zero-order valence-electron chi connectivity index (χ0n) is 8.20. The molecule has 1 heterocycles. The van der Waals surface area contributed by atoms with Gasteiger partial charge in [-0.1, -0.05) is 11.6 Å². The van der Waals surface area contributed by atoms with Gasteiger partial charge in [-0.2, -0.15) is 5.10 Å². The van der Waals surface area contributed by atoms with E-state index in [0.717, 1.165) is 0 Å². The fourth-order valence-corrected chi connectivity index (χ4v) is 1.37. The third-order valence-corrected chi connectivity index (χ3v) is 2.33. The normalized spacial score (nSPS) is 10.1. The second-order valence-electron chi connectivity index (χ2n) is 3.18. The number of anilines is 2. The smallest absolute Gasteiger partial charge is 0.258 e. The van der Waals surface area contributed by atoms with Crippen molar-refractivity contribution in [1.82, 2.24) is 10.2 Å². The SMILES string of the molecule is Nc1ccc(Cl)c(NC(=O)c2cn[nH]c2)c1. The van der Waals surface area contributed by atoms with Crippen LogP contribution in [-0.4, -0.2) is 16.1 Å². The number of nitrogens with zero attached hydrogens (tertiary/aromatic N) is 1. The third kappa shape index (κ3) is 2.14. The Hall–Kier alpha value is -2.01. The van der Waals surface area contributed by atoms with Crippen LogP contribution < -0.4 is 11.1 Å². The van der Waals surface area contributed by atoms with Crippen molar-refractivity contribution in [3.05, 3.63) is 41.2 Å². The number of benzene rings is 1. The molecule has 0 aliphatic heterocycles. The molecule has 1 aromatic heterocycles. The Kier molecular flexibility index (Phi) is 2.78. The number of rotatable bonds is 2. The van der Waals surface area contributed by atoms with E-state index in [1.165, 1.54) is 12.4 Å². The van der Waals surface area contributed by atoms with Gasteiger partial charge in [0.15, 0.2) is 0 Å². The molecule has 6 heteroatoms. The highest BCUT2D eigenvalue weighted by Gasteiger charge is 2.09. The molecule has 0 unspecified atom stereocenters. The molecular formula is C10H9ClN4O. The Labute approximate surface area is 96.6 Å². The van der Waals surface area contributed by atoms with Crippen molar-refractivity contribution in [2.45, 2.75) is 0 Å². The van der Waals surface area contributed by atoms with Crippen molar-refractivity contribution in [3.63, 3.8) is 0 Å². The van der Waals surface area contributed by atoms with E-state index in [0.29, 0.717) is 22.0 Å². The number of aromatic amines is 1. The molecule has 0 aliphatic carbocycles. The van der Waals surface area contributed by atoms with E-state index in [9.17, 15) is 4.79 Å². The lowest BCUT2D eigenvalue weighted by Crippen LogP contribution is -2.11. The second kappa shape index (κ2) is 4.24. The zero-order valence-corrected chi connectivity index (χ0v) is 8.95. The molecule has 2 rings (SSSR count). The van der Waals surface area contributed by atoms with Gasteiger partial charge in [0.1, 0.15) is 0 Å². The Morgan fingerprint density at radius 3 is 3.00 bits per heavy atom. The van der Waals surface area contributed by atoms with Gasteiger partial charge >= 0.3 is 0 Å². The van der Waals surface area contributed by atoms with E-state index < -0.39 is 0 Å². The first kappa shape index (κ1) is 10.5. The molecule has 0 saturated heterocycles. The van der Waals surface area contributed by atoms with Gasteiger partial charge in [0.2, 0.25) is 0 Å². The van der Waals surface area contributed by atoms with E-state index >= 15 is 0 Å². The number of aromatic nitrogens is 2. The van der Waals surface area contributed by atoms with Crippen LogP contribution in [-0.2, 0) is 0 Å². The summed E-state index contributed by atoms with van der Waals surface area (Å²) >= 11 is 5.91. The van der Waals surface area contributed by atoms with Gasteiger partial charge < -0.3 is 11.1 Å². The predicted octanol–water partition coefficient (Wildman–Crippen LogP) is 1.90. The topological polar surface area (TPSA) is 83.8 Å².